The molecule has 4 N–H and O–H groups in total. The number of aromatic nitrogens is 2. The number of nitrogens with two attached hydrogens (primary N) is 1. The molecule has 0 aliphatic carbocycles. The van der Waals surface area contributed by atoms with Gasteiger partial charge in [-0.25, -0.2) is 0 Å². The molecular weight excluding hydrogens is 344 g/mol. The number of carbonyl (C=O) groups is 1. The van der Waals surface area contributed by atoms with Crippen LogP contribution in [0, 0.1) is 0 Å². The van der Waals surface area contributed by atoms with Crippen LogP contribution in [-0.2, 0) is 4.79 Å². The van der Waals surface area contributed by atoms with Gasteiger partial charge in [-0.05, 0) is 6.07 Å². The van der Waals surface area contributed by atoms with E-state index >= 15 is 0 Å². The number of fused-ring (bicyclic) bond motifs is 2. The van der Waals surface area contributed by atoms with Crippen LogP contribution in [0.3, 0.4) is 0 Å². The van der Waals surface area contributed by atoms with Crippen molar-refractivity contribution in [2.24, 2.45) is 0 Å². The average molecular weight is 360 g/mol. The van der Waals surface area contributed by atoms with Crippen molar-refractivity contribution in [2.45, 2.75) is 12.3 Å². The number of anilines is 2. The van der Waals surface area contributed by atoms with E-state index in [4.69, 9.17) is 24.7 Å². The molecule has 1 aromatic carbocycles. The monoisotopic (exact) mass is 360 g/mol. The Kier molecular flexibility index (Phi) is 3.60. The highest BCUT2D eigenvalue weighted by Crippen LogP contribution is 2.52. The van der Waals surface area contributed by atoms with Gasteiger partial charge in [-0.2, -0.15) is 4.98 Å². The van der Waals surface area contributed by atoms with Gasteiger partial charge in [0.25, 0.3) is 5.56 Å². The van der Waals surface area contributed by atoms with E-state index in [0.717, 1.165) is 0 Å². The van der Waals surface area contributed by atoms with Gasteiger partial charge in [-0.1, -0.05) is 0 Å². The van der Waals surface area contributed by atoms with Crippen molar-refractivity contribution in [1.82, 2.24) is 9.97 Å². The van der Waals surface area contributed by atoms with E-state index in [2.05, 4.69) is 15.3 Å². The Morgan fingerprint density at radius 3 is 2.73 bits per heavy atom. The lowest BCUT2D eigenvalue weighted by atomic mass is 9.85. The molecule has 0 bridgehead atoms. The summed E-state index contributed by atoms with van der Waals surface area (Å²) in [6, 6.07) is 1.69. The van der Waals surface area contributed by atoms with E-state index in [-0.39, 0.29) is 36.5 Å². The molecule has 1 aromatic heterocycles. The smallest absolute Gasteiger partial charge is 0.258 e. The number of methoxy groups -OCH3 is 2. The van der Waals surface area contributed by atoms with Crippen molar-refractivity contribution in [3.8, 4) is 23.0 Å². The summed E-state index contributed by atoms with van der Waals surface area (Å²) in [4.78, 5) is 31.2. The molecule has 0 saturated heterocycles. The second-order valence-electron chi connectivity index (χ2n) is 5.78. The fourth-order valence-corrected chi connectivity index (χ4v) is 3.32. The third-order valence-electron chi connectivity index (χ3n) is 4.36. The molecule has 0 saturated carbocycles. The van der Waals surface area contributed by atoms with Gasteiger partial charge in [0, 0.05) is 17.9 Å². The fraction of sp³-hybridized carbons (Fsp3) is 0.312. The predicted molar refractivity (Wildman–Crippen MR) is 90.0 cm³/mol. The Labute approximate surface area is 147 Å². The number of amides is 1. The van der Waals surface area contributed by atoms with Crippen LogP contribution >= 0.6 is 0 Å². The third-order valence-corrected chi connectivity index (χ3v) is 4.36. The lowest BCUT2D eigenvalue weighted by Gasteiger charge is -2.26. The minimum atomic E-state index is -0.617. The standard InChI is InChI=1S/C16H16N4O6/c1-23-11-7(3-8-12(13(11)24-2)26-5-25-8)6-4-9(21)18-14-10(6)15(22)20-16(17)19-14/h3,6H,4-5H2,1-2H3,(H4,17,18,19,20,21,22)/t6-/m0/s1. The number of rotatable bonds is 3. The maximum Gasteiger partial charge on any atom is 0.258 e. The van der Waals surface area contributed by atoms with E-state index in [0.29, 0.717) is 28.6 Å². The van der Waals surface area contributed by atoms with Gasteiger partial charge < -0.3 is 30.0 Å². The molecule has 0 fully saturated rings. The quantitative estimate of drug-likeness (QED) is 0.722. The van der Waals surface area contributed by atoms with Gasteiger partial charge in [0.2, 0.25) is 30.1 Å². The molecule has 0 spiro atoms. The molecule has 4 rings (SSSR count). The molecule has 1 atom stereocenters. The van der Waals surface area contributed by atoms with Crippen molar-refractivity contribution < 1.29 is 23.7 Å². The largest absolute Gasteiger partial charge is 0.492 e. The first-order valence-electron chi connectivity index (χ1n) is 7.77. The van der Waals surface area contributed by atoms with E-state index in [1.165, 1.54) is 14.2 Å². The number of nitrogen functional groups attached to an aromatic ring is 1. The second-order valence-corrected chi connectivity index (χ2v) is 5.78. The molecule has 2 aliphatic rings. The van der Waals surface area contributed by atoms with Crippen molar-refractivity contribution >= 4 is 17.7 Å². The van der Waals surface area contributed by atoms with Crippen molar-refractivity contribution in [2.75, 3.05) is 32.1 Å². The average Bonchev–Trinajstić information content (AvgIpc) is 3.06. The van der Waals surface area contributed by atoms with Gasteiger partial charge in [0.05, 0.1) is 19.8 Å². The van der Waals surface area contributed by atoms with E-state index < -0.39 is 11.5 Å². The predicted octanol–water partition coefficient (Wildman–Crippen LogP) is 0.572. The number of aromatic amines is 1. The van der Waals surface area contributed by atoms with Crippen molar-refractivity contribution in [3.63, 3.8) is 0 Å². The summed E-state index contributed by atoms with van der Waals surface area (Å²) in [5.74, 6) is 0.704. The lowest BCUT2D eigenvalue weighted by Crippen LogP contribution is -2.31. The third kappa shape index (κ3) is 2.30. The maximum absolute atomic E-state index is 12.5. The summed E-state index contributed by atoms with van der Waals surface area (Å²) < 4.78 is 21.8. The number of nitrogens with zero attached hydrogens (tertiary/aromatic N) is 1. The van der Waals surface area contributed by atoms with Gasteiger partial charge in [0.1, 0.15) is 5.82 Å². The minimum Gasteiger partial charge on any atom is -0.492 e. The van der Waals surface area contributed by atoms with Crippen LogP contribution in [0.25, 0.3) is 0 Å². The van der Waals surface area contributed by atoms with Gasteiger partial charge in [0.15, 0.2) is 11.5 Å². The Balaban J connectivity index is 1.97. The molecule has 26 heavy (non-hydrogen) atoms. The van der Waals surface area contributed by atoms with E-state index in [1.54, 1.807) is 6.07 Å². The Morgan fingerprint density at radius 1 is 1.23 bits per heavy atom. The van der Waals surface area contributed by atoms with Crippen LogP contribution in [0.4, 0.5) is 11.8 Å². The SMILES string of the molecule is COc1c([C@@H]2CC(=O)Nc3nc(N)[nH]c(=O)c32)cc2c(c1OC)OCO2. The van der Waals surface area contributed by atoms with Gasteiger partial charge >= 0.3 is 0 Å². The summed E-state index contributed by atoms with van der Waals surface area (Å²) in [5, 5.41) is 2.58. The summed E-state index contributed by atoms with van der Waals surface area (Å²) in [6.07, 6.45) is 0.0286. The van der Waals surface area contributed by atoms with Crippen LogP contribution in [0.5, 0.6) is 23.0 Å². The first kappa shape index (κ1) is 16.1. The Bertz CT molecular complexity index is 970. The highest BCUT2D eigenvalue weighted by Gasteiger charge is 2.36. The zero-order valence-corrected chi connectivity index (χ0v) is 14.0. The van der Waals surface area contributed by atoms with Gasteiger partial charge in [-0.3, -0.25) is 14.6 Å². The second kappa shape index (κ2) is 5.83. The molecule has 2 aromatic rings. The molecule has 136 valence electrons. The van der Waals surface area contributed by atoms with Crippen LogP contribution in [0.1, 0.15) is 23.5 Å². The Hall–Kier alpha value is -3.43. The van der Waals surface area contributed by atoms with E-state index in [1.807, 2.05) is 0 Å². The summed E-state index contributed by atoms with van der Waals surface area (Å²) in [6.45, 7) is 0.0404. The highest BCUT2D eigenvalue weighted by molar-refractivity contribution is 5.94. The zero-order valence-electron chi connectivity index (χ0n) is 14.0. The minimum absolute atomic E-state index is 0.0286. The van der Waals surface area contributed by atoms with Crippen LogP contribution < -0.4 is 35.6 Å². The summed E-state index contributed by atoms with van der Waals surface area (Å²) >= 11 is 0. The van der Waals surface area contributed by atoms with Crippen molar-refractivity contribution in [3.05, 3.63) is 27.5 Å². The summed E-state index contributed by atoms with van der Waals surface area (Å²) in [5.41, 5.74) is 6.00. The molecule has 0 unspecified atom stereocenters. The number of carbonyl (C=O) groups excluding carboxylic acids is 1. The first-order valence-corrected chi connectivity index (χ1v) is 7.77. The number of ether oxygens (including phenoxy) is 4. The topological polar surface area (TPSA) is 138 Å². The number of hydrogen-bond donors (Lipinski definition) is 3. The molecule has 3 heterocycles. The van der Waals surface area contributed by atoms with Crippen LogP contribution in [0.15, 0.2) is 10.9 Å². The fourth-order valence-electron chi connectivity index (χ4n) is 3.32. The molecule has 2 aliphatic heterocycles. The number of nitrogens with one attached hydrogen (secondary N) is 2. The van der Waals surface area contributed by atoms with Crippen molar-refractivity contribution in [1.29, 1.82) is 0 Å². The maximum atomic E-state index is 12.5. The number of hydrogen-bond acceptors (Lipinski definition) is 8. The molecule has 10 heteroatoms. The molecule has 10 nitrogen and oxygen atoms in total. The van der Waals surface area contributed by atoms with Gasteiger partial charge in [-0.15, -0.1) is 0 Å². The first-order chi connectivity index (χ1) is 12.5. The highest BCUT2D eigenvalue weighted by atomic mass is 16.7. The molecular formula is C16H16N4O6. The summed E-state index contributed by atoms with van der Waals surface area (Å²) in [7, 11) is 2.94. The molecule has 1 amide bonds. The zero-order chi connectivity index (χ0) is 18.4. The van der Waals surface area contributed by atoms with Crippen LogP contribution in [-0.4, -0.2) is 36.9 Å². The Morgan fingerprint density at radius 2 is 2.00 bits per heavy atom. The van der Waals surface area contributed by atoms with Crippen LogP contribution in [0.2, 0.25) is 0 Å². The molecule has 0 radical (unpaired) electrons. The lowest BCUT2D eigenvalue weighted by molar-refractivity contribution is -0.116. The van der Waals surface area contributed by atoms with E-state index in [9.17, 15) is 9.59 Å². The number of benzene rings is 1. The normalized spacial score (nSPS) is 17.5. The number of H-pyrrole nitrogens is 1.